The van der Waals surface area contributed by atoms with Gasteiger partial charge in [-0.25, -0.2) is 0 Å². The fraction of sp³-hybridized carbons (Fsp3) is 0. The molecule has 0 spiro atoms. The van der Waals surface area contributed by atoms with Crippen LogP contribution in [0, 0.1) is 0 Å². The third kappa shape index (κ3) is 3.54. The Hall–Kier alpha value is 0.599. The summed E-state index contributed by atoms with van der Waals surface area (Å²) in [6.45, 7) is 0. The Labute approximate surface area is 114 Å². The van der Waals surface area contributed by atoms with Gasteiger partial charge in [-0.1, -0.05) is 0 Å². The van der Waals surface area contributed by atoms with Gasteiger partial charge in [0.15, 0.2) is 0 Å². The Bertz CT molecular complexity index is 443. The van der Waals surface area contributed by atoms with Crippen molar-refractivity contribution < 1.29 is 0 Å². The van der Waals surface area contributed by atoms with Gasteiger partial charge in [0.1, 0.15) is 0 Å². The van der Waals surface area contributed by atoms with Crippen LogP contribution in [0.3, 0.4) is 0 Å². The van der Waals surface area contributed by atoms with E-state index in [1.165, 1.54) is 7.22 Å². The third-order valence-electron chi connectivity index (χ3n) is 1.96. The van der Waals surface area contributed by atoms with Gasteiger partial charge in [0.2, 0.25) is 0 Å². The van der Waals surface area contributed by atoms with Gasteiger partial charge in [-0.2, -0.15) is 0 Å². The number of halogens is 2. The summed E-state index contributed by atoms with van der Waals surface area (Å²) in [4.78, 5) is 0. The zero-order valence-electron chi connectivity index (χ0n) is 8.35. The Morgan fingerprint density at radius 3 is 1.81 bits per heavy atom. The molecule has 84 valence electrons. The zero-order valence-corrected chi connectivity index (χ0v) is 14.5. The molecule has 0 atom stereocenters. The van der Waals surface area contributed by atoms with Crippen molar-refractivity contribution in [2.24, 2.45) is 0 Å². The molecular weight excluding hydrogens is 470 g/mol. The van der Waals surface area contributed by atoms with Gasteiger partial charge < -0.3 is 0 Å². The second kappa shape index (κ2) is 5.97. The maximum absolute atomic E-state index is 6.61. The summed E-state index contributed by atoms with van der Waals surface area (Å²) in [5, 5.41) is 0. The number of benzene rings is 2. The van der Waals surface area contributed by atoms with Crippen molar-refractivity contribution in [3.8, 4) is 0 Å². The summed E-state index contributed by atoms with van der Waals surface area (Å²) >= 11 is -3.28. The van der Waals surface area contributed by atoms with E-state index in [1.807, 2.05) is 24.3 Å². The first-order valence-electron chi connectivity index (χ1n) is 4.70. The fourth-order valence-electron chi connectivity index (χ4n) is 1.22. The van der Waals surface area contributed by atoms with E-state index >= 15 is 0 Å². The molecule has 0 heterocycles. The molecule has 0 saturated heterocycles. The molecule has 0 nitrogen and oxygen atoms in total. The quantitative estimate of drug-likeness (QED) is 0.592. The van der Waals surface area contributed by atoms with E-state index in [0.29, 0.717) is 0 Å². The average molecular weight is 480 g/mol. The average Bonchev–Trinajstić information content (AvgIpc) is 2.31. The van der Waals surface area contributed by atoms with Gasteiger partial charge in [-0.3, -0.25) is 0 Å². The van der Waals surface area contributed by atoms with Crippen LogP contribution in [0.4, 0.5) is 0 Å². The van der Waals surface area contributed by atoms with Gasteiger partial charge in [0.25, 0.3) is 0 Å². The summed E-state index contributed by atoms with van der Waals surface area (Å²) in [5.74, 6) is 0. The van der Waals surface area contributed by atoms with Crippen molar-refractivity contribution in [3.05, 3.63) is 60.7 Å². The molecule has 0 amide bonds. The molecule has 0 N–H and O–H groups in total. The van der Waals surface area contributed by atoms with E-state index in [1.54, 1.807) is 0 Å². The van der Waals surface area contributed by atoms with Gasteiger partial charge in [-0.15, -0.1) is 0 Å². The van der Waals surface area contributed by atoms with E-state index in [9.17, 15) is 0 Å². The van der Waals surface area contributed by atoms with Crippen LogP contribution in [0.25, 0.3) is 0 Å². The van der Waals surface area contributed by atoms with Crippen LogP contribution in [0.5, 0.6) is 0 Å². The van der Waals surface area contributed by atoms with Crippen LogP contribution in [-0.2, 0) is 0 Å². The van der Waals surface area contributed by atoms with Crippen molar-refractivity contribution in [2.75, 3.05) is 0 Å². The van der Waals surface area contributed by atoms with Crippen LogP contribution in [-0.4, -0.2) is 29.1 Å². The van der Waals surface area contributed by atoms with Gasteiger partial charge in [-0.05, 0) is 0 Å². The van der Waals surface area contributed by atoms with Gasteiger partial charge >= 0.3 is 115 Å². The molecule has 2 rings (SSSR count). The molecule has 0 bridgehead atoms. The molecule has 4 heteroatoms. The fourth-order valence-corrected chi connectivity index (χ4v) is 23.0. The van der Waals surface area contributed by atoms with Crippen molar-refractivity contribution >= 4 is 54.3 Å². The molecule has 2 aromatic rings. The summed E-state index contributed by atoms with van der Waals surface area (Å²) < 4.78 is 2.53. The van der Waals surface area contributed by atoms with E-state index in [0.717, 1.165) is 0 Å². The second-order valence-corrected chi connectivity index (χ2v) is 36.5. The molecule has 0 aliphatic carbocycles. The Morgan fingerprint density at radius 1 is 0.750 bits per heavy atom. The topological polar surface area (TPSA) is 0 Å². The molecule has 0 aliphatic rings. The predicted octanol–water partition coefficient (Wildman–Crippen LogP) is 2.34. The van der Waals surface area contributed by atoms with E-state index < -0.39 is 29.1 Å². The number of rotatable bonds is 3. The van der Waals surface area contributed by atoms with E-state index in [2.05, 4.69) is 36.4 Å². The molecule has 16 heavy (non-hydrogen) atoms. The molecule has 0 radical (unpaired) electrons. The van der Waals surface area contributed by atoms with Crippen LogP contribution < -0.4 is 7.22 Å². The van der Waals surface area contributed by atoms with Crippen molar-refractivity contribution in [1.29, 1.82) is 0 Å². The number of hydrogen-bond acceptors (Lipinski definition) is 0. The minimum absolute atomic E-state index is 0.474. The first kappa shape index (κ1) is 13.0. The first-order chi connectivity index (χ1) is 7.68. The normalized spacial score (nSPS) is 12.4. The van der Waals surface area contributed by atoms with Crippen molar-refractivity contribution in [1.82, 2.24) is 0 Å². The maximum atomic E-state index is 6.61. The molecule has 0 saturated carbocycles. The summed E-state index contributed by atoms with van der Waals surface area (Å²) in [7, 11) is 13.2. The zero-order chi connectivity index (χ0) is 11.4. The molecule has 0 fully saturated rings. The van der Waals surface area contributed by atoms with E-state index in [-0.39, 0.29) is 0 Å². The SMILES string of the molecule is Cl[Te](Cl)([Te]c1ccccc1)c1ccccc1. The van der Waals surface area contributed by atoms with Crippen molar-refractivity contribution in [2.45, 2.75) is 0 Å². The predicted molar refractivity (Wildman–Crippen MR) is 75.4 cm³/mol. The second-order valence-electron chi connectivity index (χ2n) is 3.13. The monoisotopic (exact) mass is 484 g/mol. The van der Waals surface area contributed by atoms with Gasteiger partial charge in [0, 0.05) is 0 Å². The minimum atomic E-state index is -2.80. The Kier molecular flexibility index (Phi) is 4.87. The molecule has 2 aromatic carbocycles. The van der Waals surface area contributed by atoms with Crippen LogP contribution in [0.2, 0.25) is 0 Å². The molecule has 0 aromatic heterocycles. The molecule has 0 unspecified atom stereocenters. The standard InChI is InChI=1S/C12H10Cl2Te2/c13-16(14,12-9-5-2-6-10-12)15-11-7-3-1-4-8-11/h1-10H. The molecular formula is C12H10Cl2Te2. The molecule has 0 aliphatic heterocycles. The number of hydrogen-bond donors (Lipinski definition) is 0. The third-order valence-corrected chi connectivity index (χ3v) is 25.7. The Balaban J connectivity index is 2.21. The van der Waals surface area contributed by atoms with Crippen LogP contribution in [0.1, 0.15) is 0 Å². The van der Waals surface area contributed by atoms with Crippen LogP contribution >= 0.6 is 17.9 Å². The van der Waals surface area contributed by atoms with Gasteiger partial charge in [0.05, 0.1) is 0 Å². The summed E-state index contributed by atoms with van der Waals surface area (Å²) in [5.41, 5.74) is 0. The first-order valence-corrected chi connectivity index (χ1v) is 20.3. The Morgan fingerprint density at radius 2 is 1.25 bits per heavy atom. The van der Waals surface area contributed by atoms with Crippen molar-refractivity contribution in [3.63, 3.8) is 0 Å². The van der Waals surface area contributed by atoms with Crippen LogP contribution in [0.15, 0.2) is 60.7 Å². The summed E-state index contributed by atoms with van der Waals surface area (Å²) in [6.07, 6.45) is 0. The van der Waals surface area contributed by atoms with E-state index in [4.69, 9.17) is 17.9 Å². The summed E-state index contributed by atoms with van der Waals surface area (Å²) in [6, 6.07) is 20.6.